The molecule has 3 rings (SSSR count). The summed E-state index contributed by atoms with van der Waals surface area (Å²) in [6.45, 7) is 1.76. The summed E-state index contributed by atoms with van der Waals surface area (Å²) in [6, 6.07) is 18.6. The zero-order chi connectivity index (χ0) is 13.8. The number of halogens is 1. The highest BCUT2D eigenvalue weighted by Gasteiger charge is 1.99. The van der Waals surface area contributed by atoms with Gasteiger partial charge in [-0.15, -0.1) is 0 Å². The van der Waals surface area contributed by atoms with Crippen molar-refractivity contribution in [3.05, 3.63) is 71.4 Å². The molecule has 0 atom stereocenters. The quantitative estimate of drug-likeness (QED) is 0.699. The molecule has 2 aromatic carbocycles. The van der Waals surface area contributed by atoms with Crippen LogP contribution < -0.4 is 5.32 Å². The van der Waals surface area contributed by atoms with Crippen LogP contribution in [0.15, 0.2) is 60.8 Å². The highest BCUT2D eigenvalue weighted by molar-refractivity contribution is 6.30. The van der Waals surface area contributed by atoms with E-state index >= 15 is 0 Å². The van der Waals surface area contributed by atoms with Crippen LogP contribution in [0.25, 0.3) is 10.9 Å². The molecule has 3 heteroatoms. The zero-order valence-electron chi connectivity index (χ0n) is 11.2. The second-order valence-electron chi connectivity index (χ2n) is 4.88. The minimum Gasteiger partial charge on any atom is -0.334 e. The number of nitrogens with one attached hydrogen (secondary N) is 1. The monoisotopic (exact) mass is 284 g/mol. The summed E-state index contributed by atoms with van der Waals surface area (Å²) in [4.78, 5) is 0. The number of hydrogen-bond donors (Lipinski definition) is 1. The molecule has 102 valence electrons. The Labute approximate surface area is 124 Å². The van der Waals surface area contributed by atoms with Gasteiger partial charge in [-0.25, -0.2) is 0 Å². The maximum absolute atomic E-state index is 5.98. The predicted octanol–water partition coefficient (Wildman–Crippen LogP) is 4.08. The molecular formula is C17H17ClN2. The van der Waals surface area contributed by atoms with Gasteiger partial charge < -0.3 is 4.57 Å². The molecule has 1 aromatic heterocycles. The normalized spacial score (nSPS) is 11.1. The lowest BCUT2D eigenvalue weighted by atomic mass is 10.1. The van der Waals surface area contributed by atoms with Gasteiger partial charge in [0.25, 0.3) is 0 Å². The summed E-state index contributed by atoms with van der Waals surface area (Å²) in [7, 11) is 0. The average molecular weight is 285 g/mol. The molecule has 0 saturated heterocycles. The van der Waals surface area contributed by atoms with E-state index in [0.717, 1.165) is 24.7 Å². The van der Waals surface area contributed by atoms with E-state index < -0.39 is 0 Å². The minimum absolute atomic E-state index is 0.805. The number of benzene rings is 2. The first-order valence-corrected chi connectivity index (χ1v) is 7.20. The largest absolute Gasteiger partial charge is 0.334 e. The Morgan fingerprint density at radius 3 is 2.80 bits per heavy atom. The molecule has 0 radical (unpaired) electrons. The third-order valence-corrected chi connectivity index (χ3v) is 3.68. The van der Waals surface area contributed by atoms with E-state index in [2.05, 4.69) is 52.5 Å². The summed E-state index contributed by atoms with van der Waals surface area (Å²) < 4.78 is 2.23. The van der Waals surface area contributed by atoms with Crippen LogP contribution in [0.3, 0.4) is 0 Å². The Bertz CT molecular complexity index is 703. The molecule has 0 spiro atoms. The summed E-state index contributed by atoms with van der Waals surface area (Å²) in [5.41, 5.74) is 2.53. The number of rotatable bonds is 5. The molecule has 0 aliphatic rings. The first-order chi connectivity index (χ1) is 9.83. The molecule has 0 amide bonds. The lowest BCUT2D eigenvalue weighted by Gasteiger charge is -2.08. The van der Waals surface area contributed by atoms with Crippen molar-refractivity contribution in [1.29, 1.82) is 0 Å². The first-order valence-electron chi connectivity index (χ1n) is 6.82. The van der Waals surface area contributed by atoms with E-state index in [1.54, 1.807) is 0 Å². The molecule has 20 heavy (non-hydrogen) atoms. The first kappa shape index (κ1) is 13.2. The zero-order valence-corrected chi connectivity index (χ0v) is 12.0. The highest BCUT2D eigenvalue weighted by Crippen LogP contribution is 2.14. The summed E-state index contributed by atoms with van der Waals surface area (Å²) in [5, 5.41) is 5.55. The van der Waals surface area contributed by atoms with Crippen LogP contribution in [0.4, 0.5) is 0 Å². The Balaban J connectivity index is 1.55. The van der Waals surface area contributed by atoms with Gasteiger partial charge >= 0.3 is 0 Å². The van der Waals surface area contributed by atoms with Crippen molar-refractivity contribution in [3.8, 4) is 0 Å². The van der Waals surface area contributed by atoms with Crippen LogP contribution in [0.1, 0.15) is 5.56 Å². The van der Waals surface area contributed by atoms with Crippen LogP contribution in [0.5, 0.6) is 0 Å². The third kappa shape index (κ3) is 3.03. The van der Waals surface area contributed by atoms with E-state index in [4.69, 9.17) is 11.6 Å². The van der Waals surface area contributed by atoms with Crippen molar-refractivity contribution in [2.45, 2.75) is 13.1 Å². The highest BCUT2D eigenvalue weighted by atomic mass is 35.5. The number of para-hydroxylation sites is 1. The fourth-order valence-corrected chi connectivity index (χ4v) is 2.62. The minimum atomic E-state index is 0.805. The second-order valence-corrected chi connectivity index (χ2v) is 5.32. The average Bonchev–Trinajstić information content (AvgIpc) is 2.87. The third-order valence-electron chi connectivity index (χ3n) is 3.44. The van der Waals surface area contributed by atoms with E-state index in [-0.39, 0.29) is 0 Å². The van der Waals surface area contributed by atoms with Crippen LogP contribution in [-0.2, 0) is 13.1 Å². The SMILES string of the molecule is Clc1cccc(CCNCn2ccc3ccccc32)c1. The summed E-state index contributed by atoms with van der Waals surface area (Å²) in [6.07, 6.45) is 3.11. The standard InChI is InChI=1S/C17H17ClN2/c18-16-6-3-4-14(12-16)8-10-19-13-20-11-9-15-5-1-2-7-17(15)20/h1-7,9,11-12,19H,8,10,13H2. The van der Waals surface area contributed by atoms with Crippen molar-refractivity contribution in [2.75, 3.05) is 6.54 Å². The second kappa shape index (κ2) is 6.12. The number of fused-ring (bicyclic) bond motifs is 1. The van der Waals surface area contributed by atoms with Gasteiger partial charge in [0.1, 0.15) is 0 Å². The molecule has 1 heterocycles. The topological polar surface area (TPSA) is 17.0 Å². The lowest BCUT2D eigenvalue weighted by molar-refractivity contribution is 0.573. The van der Waals surface area contributed by atoms with Gasteiger partial charge in [0.15, 0.2) is 0 Å². The molecule has 3 aromatic rings. The Kier molecular flexibility index (Phi) is 4.05. The molecule has 0 fully saturated rings. The smallest absolute Gasteiger partial charge is 0.0726 e. The summed E-state index contributed by atoms with van der Waals surface area (Å²) in [5.74, 6) is 0. The number of nitrogens with zero attached hydrogens (tertiary/aromatic N) is 1. The molecule has 0 aliphatic carbocycles. The van der Waals surface area contributed by atoms with E-state index in [1.165, 1.54) is 16.5 Å². The predicted molar refractivity (Wildman–Crippen MR) is 85.1 cm³/mol. The molecule has 0 saturated carbocycles. The van der Waals surface area contributed by atoms with Gasteiger partial charge in [0, 0.05) is 23.3 Å². The maximum atomic E-state index is 5.98. The fraction of sp³-hybridized carbons (Fsp3) is 0.176. The van der Waals surface area contributed by atoms with Crippen molar-refractivity contribution in [3.63, 3.8) is 0 Å². The maximum Gasteiger partial charge on any atom is 0.0726 e. The molecule has 0 bridgehead atoms. The number of aromatic nitrogens is 1. The van der Waals surface area contributed by atoms with Gasteiger partial charge in [0.2, 0.25) is 0 Å². The van der Waals surface area contributed by atoms with Crippen molar-refractivity contribution in [2.24, 2.45) is 0 Å². The van der Waals surface area contributed by atoms with Crippen LogP contribution >= 0.6 is 11.6 Å². The molecule has 2 nitrogen and oxygen atoms in total. The van der Waals surface area contributed by atoms with Crippen molar-refractivity contribution < 1.29 is 0 Å². The van der Waals surface area contributed by atoms with E-state index in [9.17, 15) is 0 Å². The number of hydrogen-bond acceptors (Lipinski definition) is 1. The van der Waals surface area contributed by atoms with Crippen LogP contribution in [0, 0.1) is 0 Å². The molecule has 0 aliphatic heterocycles. The van der Waals surface area contributed by atoms with Crippen molar-refractivity contribution >= 4 is 22.5 Å². The molecular weight excluding hydrogens is 268 g/mol. The Morgan fingerprint density at radius 2 is 1.90 bits per heavy atom. The van der Waals surface area contributed by atoms with Gasteiger partial charge in [-0.3, -0.25) is 5.32 Å². The van der Waals surface area contributed by atoms with Crippen LogP contribution in [0.2, 0.25) is 5.02 Å². The van der Waals surface area contributed by atoms with Gasteiger partial charge in [-0.05, 0) is 41.6 Å². The van der Waals surface area contributed by atoms with Gasteiger partial charge in [0.05, 0.1) is 6.67 Å². The van der Waals surface area contributed by atoms with E-state index in [0.29, 0.717) is 0 Å². The van der Waals surface area contributed by atoms with Crippen LogP contribution in [-0.4, -0.2) is 11.1 Å². The fourth-order valence-electron chi connectivity index (χ4n) is 2.40. The summed E-state index contributed by atoms with van der Waals surface area (Å²) >= 11 is 5.98. The van der Waals surface area contributed by atoms with Gasteiger partial charge in [-0.1, -0.05) is 41.9 Å². The van der Waals surface area contributed by atoms with E-state index in [1.807, 2.05) is 18.2 Å². The molecule has 1 N–H and O–H groups in total. The Morgan fingerprint density at radius 1 is 1.00 bits per heavy atom. The molecule has 0 unspecified atom stereocenters. The van der Waals surface area contributed by atoms with Gasteiger partial charge in [-0.2, -0.15) is 0 Å². The van der Waals surface area contributed by atoms with Crippen molar-refractivity contribution in [1.82, 2.24) is 9.88 Å². The lowest BCUT2D eigenvalue weighted by Crippen LogP contribution is -2.20. The Hall–Kier alpha value is -1.77.